The molecule has 0 radical (unpaired) electrons. The third-order valence-electron chi connectivity index (χ3n) is 3.88. The van der Waals surface area contributed by atoms with Gasteiger partial charge in [0.15, 0.2) is 5.82 Å². The van der Waals surface area contributed by atoms with E-state index in [0.29, 0.717) is 11.2 Å². The van der Waals surface area contributed by atoms with Crippen molar-refractivity contribution in [1.29, 1.82) is 0 Å². The maximum atomic E-state index is 12.6. The smallest absolute Gasteiger partial charge is 0.260 e. The lowest BCUT2D eigenvalue weighted by Gasteiger charge is -2.05. The van der Waals surface area contributed by atoms with E-state index in [9.17, 15) is 4.79 Å². The number of nitrogens with zero attached hydrogens (tertiary/aromatic N) is 4. The van der Waals surface area contributed by atoms with Crippen LogP contribution in [0.3, 0.4) is 0 Å². The van der Waals surface area contributed by atoms with Crippen LogP contribution in [0.1, 0.15) is 5.69 Å². The molecule has 4 aromatic rings. The third-order valence-corrected chi connectivity index (χ3v) is 3.88. The second kappa shape index (κ2) is 5.45. The van der Waals surface area contributed by atoms with Gasteiger partial charge in [0.05, 0.1) is 16.9 Å². The lowest BCUT2D eigenvalue weighted by atomic mass is 10.2. The van der Waals surface area contributed by atoms with Crippen molar-refractivity contribution in [2.45, 2.75) is 6.92 Å². The SMILES string of the molecule is Cc1nn(-c2ccccc2)c2[nH]c(=O)c(-c3nc(N)cc(N)n3)cc12. The summed E-state index contributed by atoms with van der Waals surface area (Å²) in [5, 5.41) is 5.32. The van der Waals surface area contributed by atoms with E-state index >= 15 is 0 Å². The monoisotopic (exact) mass is 333 g/mol. The highest BCUT2D eigenvalue weighted by Crippen LogP contribution is 2.23. The Hall–Kier alpha value is -3.68. The van der Waals surface area contributed by atoms with Crippen LogP contribution in [0.15, 0.2) is 47.3 Å². The molecule has 0 aliphatic rings. The molecule has 0 spiro atoms. The maximum absolute atomic E-state index is 12.6. The fourth-order valence-corrected chi connectivity index (χ4v) is 2.75. The van der Waals surface area contributed by atoms with Crippen LogP contribution in [0.25, 0.3) is 28.1 Å². The number of H-pyrrole nitrogens is 1. The molecule has 0 aliphatic heterocycles. The topological polar surface area (TPSA) is 128 Å². The molecule has 0 amide bonds. The molecule has 3 heterocycles. The quantitative estimate of drug-likeness (QED) is 0.511. The van der Waals surface area contributed by atoms with Crippen LogP contribution >= 0.6 is 0 Å². The Kier molecular flexibility index (Phi) is 3.24. The molecule has 0 atom stereocenters. The number of aromatic nitrogens is 5. The number of aromatic amines is 1. The number of anilines is 2. The largest absolute Gasteiger partial charge is 0.384 e. The Balaban J connectivity index is 1.97. The summed E-state index contributed by atoms with van der Waals surface area (Å²) in [6, 6.07) is 12.7. The van der Waals surface area contributed by atoms with Crippen LogP contribution in [0.5, 0.6) is 0 Å². The lowest BCUT2D eigenvalue weighted by Crippen LogP contribution is -2.13. The van der Waals surface area contributed by atoms with Crippen LogP contribution in [-0.4, -0.2) is 24.7 Å². The molecule has 8 heteroatoms. The van der Waals surface area contributed by atoms with Gasteiger partial charge in [-0.3, -0.25) is 4.79 Å². The number of nitrogens with one attached hydrogen (secondary N) is 1. The summed E-state index contributed by atoms with van der Waals surface area (Å²) in [5.74, 6) is 0.602. The predicted molar refractivity (Wildman–Crippen MR) is 96.3 cm³/mol. The first kappa shape index (κ1) is 14.9. The molecular weight excluding hydrogens is 318 g/mol. The summed E-state index contributed by atoms with van der Waals surface area (Å²) in [6.07, 6.45) is 0. The lowest BCUT2D eigenvalue weighted by molar-refractivity contribution is 0.876. The van der Waals surface area contributed by atoms with E-state index in [4.69, 9.17) is 11.5 Å². The number of aryl methyl sites for hydroxylation is 1. The maximum Gasteiger partial charge on any atom is 0.260 e. The zero-order valence-corrected chi connectivity index (χ0v) is 13.4. The number of fused-ring (bicyclic) bond motifs is 1. The van der Waals surface area contributed by atoms with Crippen LogP contribution < -0.4 is 17.0 Å². The van der Waals surface area contributed by atoms with Crippen molar-refractivity contribution in [3.05, 3.63) is 58.5 Å². The number of hydrogen-bond donors (Lipinski definition) is 3. The van der Waals surface area contributed by atoms with E-state index in [1.54, 1.807) is 10.7 Å². The average Bonchev–Trinajstić information content (AvgIpc) is 2.90. The highest BCUT2D eigenvalue weighted by Gasteiger charge is 2.15. The van der Waals surface area contributed by atoms with Crippen molar-refractivity contribution in [2.75, 3.05) is 11.5 Å². The number of nitrogen functional groups attached to an aromatic ring is 2. The van der Waals surface area contributed by atoms with Gasteiger partial charge in [-0.2, -0.15) is 5.10 Å². The van der Waals surface area contributed by atoms with Crippen LogP contribution in [-0.2, 0) is 0 Å². The Labute approximate surface area is 142 Å². The van der Waals surface area contributed by atoms with E-state index < -0.39 is 0 Å². The van der Waals surface area contributed by atoms with Crippen LogP contribution in [0.4, 0.5) is 11.6 Å². The Morgan fingerprint density at radius 3 is 2.40 bits per heavy atom. The Bertz CT molecular complexity index is 1120. The molecule has 124 valence electrons. The fourth-order valence-electron chi connectivity index (χ4n) is 2.75. The first-order chi connectivity index (χ1) is 12.0. The van der Waals surface area contributed by atoms with Gasteiger partial charge in [-0.25, -0.2) is 14.6 Å². The number of pyridine rings is 1. The van der Waals surface area contributed by atoms with Gasteiger partial charge < -0.3 is 16.5 Å². The molecule has 0 unspecified atom stereocenters. The predicted octanol–water partition coefficient (Wildman–Crippen LogP) is 1.64. The first-order valence-corrected chi connectivity index (χ1v) is 7.61. The highest BCUT2D eigenvalue weighted by atomic mass is 16.1. The van der Waals surface area contributed by atoms with Gasteiger partial charge in [-0.15, -0.1) is 0 Å². The molecule has 0 saturated carbocycles. The summed E-state index contributed by atoms with van der Waals surface area (Å²) >= 11 is 0. The Morgan fingerprint density at radius 2 is 1.72 bits per heavy atom. The van der Waals surface area contributed by atoms with Crippen molar-refractivity contribution in [3.63, 3.8) is 0 Å². The average molecular weight is 333 g/mol. The second-order valence-electron chi connectivity index (χ2n) is 5.65. The minimum absolute atomic E-state index is 0.188. The van der Waals surface area contributed by atoms with E-state index in [2.05, 4.69) is 20.1 Å². The molecule has 3 aromatic heterocycles. The molecule has 8 nitrogen and oxygen atoms in total. The number of rotatable bonds is 2. The molecule has 25 heavy (non-hydrogen) atoms. The molecule has 0 aliphatic carbocycles. The summed E-state index contributed by atoms with van der Waals surface area (Å²) in [5.41, 5.74) is 13.6. The summed E-state index contributed by atoms with van der Waals surface area (Å²) in [7, 11) is 0. The van der Waals surface area contributed by atoms with E-state index in [1.165, 1.54) is 6.07 Å². The third kappa shape index (κ3) is 2.49. The number of benzene rings is 1. The van der Waals surface area contributed by atoms with Crippen molar-refractivity contribution in [2.24, 2.45) is 0 Å². The van der Waals surface area contributed by atoms with Crippen molar-refractivity contribution >= 4 is 22.7 Å². The zero-order chi connectivity index (χ0) is 17.6. The minimum Gasteiger partial charge on any atom is -0.384 e. The normalized spacial score (nSPS) is 11.1. The second-order valence-corrected chi connectivity index (χ2v) is 5.65. The van der Waals surface area contributed by atoms with Crippen LogP contribution in [0, 0.1) is 6.92 Å². The van der Waals surface area contributed by atoms with Gasteiger partial charge in [0.1, 0.15) is 17.3 Å². The Morgan fingerprint density at radius 1 is 1.04 bits per heavy atom. The van der Waals surface area contributed by atoms with Gasteiger partial charge in [-0.1, -0.05) is 18.2 Å². The van der Waals surface area contributed by atoms with Gasteiger partial charge in [-0.05, 0) is 25.1 Å². The highest BCUT2D eigenvalue weighted by molar-refractivity contribution is 5.83. The zero-order valence-electron chi connectivity index (χ0n) is 13.4. The van der Waals surface area contributed by atoms with Gasteiger partial charge in [0.2, 0.25) is 0 Å². The molecule has 0 bridgehead atoms. The molecule has 5 N–H and O–H groups in total. The van der Waals surface area contributed by atoms with E-state index in [0.717, 1.165) is 16.8 Å². The first-order valence-electron chi connectivity index (χ1n) is 7.61. The van der Waals surface area contributed by atoms with Gasteiger partial charge in [0, 0.05) is 11.5 Å². The molecular formula is C17H15N7O. The van der Waals surface area contributed by atoms with Crippen molar-refractivity contribution in [3.8, 4) is 17.1 Å². The molecule has 4 rings (SSSR count). The fraction of sp³-hybridized carbons (Fsp3) is 0.0588. The molecule has 1 aromatic carbocycles. The summed E-state index contributed by atoms with van der Waals surface area (Å²) < 4.78 is 1.70. The van der Waals surface area contributed by atoms with E-state index in [-0.39, 0.29) is 23.0 Å². The van der Waals surface area contributed by atoms with Crippen LogP contribution in [0.2, 0.25) is 0 Å². The number of nitrogens with two attached hydrogens (primary N) is 2. The molecule has 0 fully saturated rings. The van der Waals surface area contributed by atoms with Gasteiger partial charge in [0.25, 0.3) is 5.56 Å². The summed E-state index contributed by atoms with van der Waals surface area (Å²) in [4.78, 5) is 23.7. The number of hydrogen-bond acceptors (Lipinski definition) is 6. The summed E-state index contributed by atoms with van der Waals surface area (Å²) in [6.45, 7) is 1.87. The number of para-hydroxylation sites is 1. The van der Waals surface area contributed by atoms with Crippen molar-refractivity contribution in [1.82, 2.24) is 24.7 Å². The van der Waals surface area contributed by atoms with E-state index in [1.807, 2.05) is 37.3 Å². The van der Waals surface area contributed by atoms with Gasteiger partial charge >= 0.3 is 0 Å². The van der Waals surface area contributed by atoms with Crippen molar-refractivity contribution < 1.29 is 0 Å². The minimum atomic E-state index is -0.338. The standard InChI is InChI=1S/C17H15N7O/c1-9-11-7-12(15-20-13(18)8-14(19)21-15)17(25)22-16(11)24(23-9)10-5-3-2-4-6-10/h2-8H,1H3,(H,22,25)(H4,18,19,20,21). The molecule has 0 saturated heterocycles.